The van der Waals surface area contributed by atoms with E-state index < -0.39 is 5.97 Å². The van der Waals surface area contributed by atoms with Gasteiger partial charge in [0.2, 0.25) is 5.76 Å². The summed E-state index contributed by atoms with van der Waals surface area (Å²) in [5.74, 6) is 0.602. The second-order valence-corrected chi connectivity index (χ2v) is 5.51. The van der Waals surface area contributed by atoms with E-state index in [-0.39, 0.29) is 12.4 Å². The number of carboxylic acids is 1. The Morgan fingerprint density at radius 3 is 2.57 bits per heavy atom. The molecule has 112 valence electrons. The van der Waals surface area contributed by atoms with Crippen molar-refractivity contribution in [1.82, 2.24) is 0 Å². The molecule has 1 aromatic carbocycles. The average Bonchev–Trinajstić information content (AvgIpc) is 2.77. The van der Waals surface area contributed by atoms with E-state index in [0.29, 0.717) is 17.2 Å². The van der Waals surface area contributed by atoms with Crippen molar-refractivity contribution < 1.29 is 19.1 Å². The highest BCUT2D eigenvalue weighted by Crippen LogP contribution is 2.28. The van der Waals surface area contributed by atoms with E-state index in [2.05, 4.69) is 26.0 Å². The quantitative estimate of drug-likeness (QED) is 0.891. The van der Waals surface area contributed by atoms with Crippen molar-refractivity contribution in [2.24, 2.45) is 0 Å². The number of aryl methyl sites for hydroxylation is 2. The fourth-order valence-corrected chi connectivity index (χ4v) is 2.22. The molecule has 0 spiro atoms. The van der Waals surface area contributed by atoms with Crippen molar-refractivity contribution in [2.75, 3.05) is 0 Å². The molecule has 2 aromatic rings. The number of hydrogen-bond acceptors (Lipinski definition) is 3. The van der Waals surface area contributed by atoms with Crippen LogP contribution in [0.25, 0.3) is 0 Å². The second-order valence-electron chi connectivity index (χ2n) is 5.51. The van der Waals surface area contributed by atoms with Crippen molar-refractivity contribution >= 4 is 5.97 Å². The average molecular weight is 288 g/mol. The molecular formula is C17H20O4. The molecule has 0 saturated carbocycles. The zero-order valence-corrected chi connectivity index (χ0v) is 12.8. The Labute approximate surface area is 124 Å². The van der Waals surface area contributed by atoms with Crippen LogP contribution in [0.1, 0.15) is 52.8 Å². The Balaban J connectivity index is 2.18. The normalized spacial score (nSPS) is 10.9. The topological polar surface area (TPSA) is 59.7 Å². The highest BCUT2D eigenvalue weighted by molar-refractivity contribution is 5.86. The predicted octanol–water partition coefficient (Wildman–Crippen LogP) is 4.30. The Kier molecular flexibility index (Phi) is 4.36. The summed E-state index contributed by atoms with van der Waals surface area (Å²) in [6.07, 6.45) is 0. The summed E-state index contributed by atoms with van der Waals surface area (Å²) < 4.78 is 11.1. The number of aromatic carboxylic acids is 1. The van der Waals surface area contributed by atoms with Gasteiger partial charge < -0.3 is 14.3 Å². The Hall–Kier alpha value is -2.23. The smallest absolute Gasteiger partial charge is 0.372 e. The van der Waals surface area contributed by atoms with Crippen molar-refractivity contribution in [1.29, 1.82) is 0 Å². The third-order valence-corrected chi connectivity index (χ3v) is 3.32. The second kappa shape index (κ2) is 6.04. The molecule has 0 unspecified atom stereocenters. The van der Waals surface area contributed by atoms with Crippen LogP contribution in [0.5, 0.6) is 5.75 Å². The maximum Gasteiger partial charge on any atom is 0.372 e. The SMILES string of the molecule is Cc1ccc(C(C)C)c(OCc2cc(C)c(C(=O)O)o2)c1. The van der Waals surface area contributed by atoms with Gasteiger partial charge >= 0.3 is 5.97 Å². The molecule has 0 atom stereocenters. The van der Waals surface area contributed by atoms with Crippen LogP contribution in [-0.4, -0.2) is 11.1 Å². The first-order chi connectivity index (χ1) is 9.88. The summed E-state index contributed by atoms with van der Waals surface area (Å²) in [6.45, 7) is 8.16. The van der Waals surface area contributed by atoms with E-state index in [4.69, 9.17) is 14.3 Å². The van der Waals surface area contributed by atoms with Crippen LogP contribution in [0.4, 0.5) is 0 Å². The van der Waals surface area contributed by atoms with Crippen LogP contribution in [-0.2, 0) is 6.61 Å². The number of rotatable bonds is 5. The molecule has 0 amide bonds. The molecule has 21 heavy (non-hydrogen) atoms. The number of carbonyl (C=O) groups is 1. The van der Waals surface area contributed by atoms with Gasteiger partial charge in [-0.05, 0) is 43.0 Å². The largest absolute Gasteiger partial charge is 0.485 e. The molecule has 4 heteroatoms. The summed E-state index contributed by atoms with van der Waals surface area (Å²) >= 11 is 0. The summed E-state index contributed by atoms with van der Waals surface area (Å²) in [5.41, 5.74) is 2.85. The first-order valence-corrected chi connectivity index (χ1v) is 6.94. The van der Waals surface area contributed by atoms with E-state index in [1.807, 2.05) is 13.0 Å². The van der Waals surface area contributed by atoms with Gasteiger partial charge in [-0.3, -0.25) is 0 Å². The van der Waals surface area contributed by atoms with Gasteiger partial charge in [-0.15, -0.1) is 0 Å². The highest BCUT2D eigenvalue weighted by atomic mass is 16.5. The van der Waals surface area contributed by atoms with E-state index in [1.165, 1.54) is 0 Å². The molecule has 0 aliphatic rings. The van der Waals surface area contributed by atoms with Crippen molar-refractivity contribution in [3.05, 3.63) is 52.5 Å². The van der Waals surface area contributed by atoms with Gasteiger partial charge in [-0.2, -0.15) is 0 Å². The molecular weight excluding hydrogens is 268 g/mol. The van der Waals surface area contributed by atoms with Gasteiger partial charge in [-0.25, -0.2) is 4.79 Å². The third kappa shape index (κ3) is 3.45. The Morgan fingerprint density at radius 1 is 1.29 bits per heavy atom. The number of hydrogen-bond donors (Lipinski definition) is 1. The van der Waals surface area contributed by atoms with Crippen LogP contribution in [0.2, 0.25) is 0 Å². The van der Waals surface area contributed by atoms with Gasteiger partial charge in [0.1, 0.15) is 18.1 Å². The Morgan fingerprint density at radius 2 is 2.00 bits per heavy atom. The zero-order chi connectivity index (χ0) is 15.6. The van der Waals surface area contributed by atoms with Crippen molar-refractivity contribution in [3.63, 3.8) is 0 Å². The standard InChI is InChI=1S/C17H20O4/c1-10(2)14-6-5-11(3)7-15(14)20-9-13-8-12(4)16(21-13)17(18)19/h5-8,10H,9H2,1-4H3,(H,18,19). The van der Waals surface area contributed by atoms with E-state index in [9.17, 15) is 4.79 Å². The summed E-state index contributed by atoms with van der Waals surface area (Å²) in [4.78, 5) is 11.0. The number of benzene rings is 1. The molecule has 1 aromatic heterocycles. The summed E-state index contributed by atoms with van der Waals surface area (Å²) in [6, 6.07) is 7.81. The van der Waals surface area contributed by atoms with Gasteiger partial charge in [0.25, 0.3) is 0 Å². The number of ether oxygens (including phenoxy) is 1. The molecule has 1 N–H and O–H groups in total. The highest BCUT2D eigenvalue weighted by Gasteiger charge is 2.15. The first-order valence-electron chi connectivity index (χ1n) is 6.94. The molecule has 0 fully saturated rings. The molecule has 2 rings (SSSR count). The first kappa shape index (κ1) is 15.2. The molecule has 0 bridgehead atoms. The molecule has 0 radical (unpaired) electrons. The monoisotopic (exact) mass is 288 g/mol. The van der Waals surface area contributed by atoms with E-state index >= 15 is 0 Å². The molecule has 1 heterocycles. The fraction of sp³-hybridized carbons (Fsp3) is 0.353. The molecule has 0 saturated heterocycles. The van der Waals surface area contributed by atoms with Gasteiger partial charge in [0, 0.05) is 5.56 Å². The maximum atomic E-state index is 11.0. The lowest BCUT2D eigenvalue weighted by Gasteiger charge is -2.14. The van der Waals surface area contributed by atoms with Crippen LogP contribution in [0.15, 0.2) is 28.7 Å². The van der Waals surface area contributed by atoms with Crippen molar-refractivity contribution in [2.45, 2.75) is 40.2 Å². The lowest BCUT2D eigenvalue weighted by Crippen LogP contribution is -2.00. The minimum atomic E-state index is -1.06. The minimum absolute atomic E-state index is 0.0260. The minimum Gasteiger partial charge on any atom is -0.485 e. The maximum absolute atomic E-state index is 11.0. The Bertz CT molecular complexity index is 653. The number of furan rings is 1. The van der Waals surface area contributed by atoms with Crippen LogP contribution in [0.3, 0.4) is 0 Å². The van der Waals surface area contributed by atoms with E-state index in [1.54, 1.807) is 13.0 Å². The third-order valence-electron chi connectivity index (χ3n) is 3.32. The number of carboxylic acid groups (broad SMARTS) is 1. The molecule has 4 nitrogen and oxygen atoms in total. The lowest BCUT2D eigenvalue weighted by atomic mass is 10.0. The van der Waals surface area contributed by atoms with Crippen LogP contribution in [0, 0.1) is 13.8 Å². The van der Waals surface area contributed by atoms with Gasteiger partial charge in [-0.1, -0.05) is 26.0 Å². The molecule has 0 aliphatic heterocycles. The van der Waals surface area contributed by atoms with Crippen molar-refractivity contribution in [3.8, 4) is 5.75 Å². The summed E-state index contributed by atoms with van der Waals surface area (Å²) in [7, 11) is 0. The zero-order valence-electron chi connectivity index (χ0n) is 12.8. The van der Waals surface area contributed by atoms with Crippen LogP contribution < -0.4 is 4.74 Å². The molecule has 0 aliphatic carbocycles. The van der Waals surface area contributed by atoms with Gasteiger partial charge in [0.05, 0.1) is 0 Å². The fourth-order valence-electron chi connectivity index (χ4n) is 2.22. The summed E-state index contributed by atoms with van der Waals surface area (Å²) in [5, 5.41) is 8.98. The van der Waals surface area contributed by atoms with E-state index in [0.717, 1.165) is 16.9 Å². The van der Waals surface area contributed by atoms with Gasteiger partial charge in [0.15, 0.2) is 0 Å². The van der Waals surface area contributed by atoms with Crippen LogP contribution >= 0.6 is 0 Å². The lowest BCUT2D eigenvalue weighted by molar-refractivity contribution is 0.0657. The predicted molar refractivity (Wildman–Crippen MR) is 80.0 cm³/mol.